The van der Waals surface area contributed by atoms with E-state index in [1.54, 1.807) is 25.1 Å². The van der Waals surface area contributed by atoms with Gasteiger partial charge in [0.05, 0.1) is 4.90 Å². The van der Waals surface area contributed by atoms with Crippen LogP contribution in [0.2, 0.25) is 0 Å². The molecule has 0 heterocycles. The van der Waals surface area contributed by atoms with Crippen molar-refractivity contribution < 1.29 is 18.3 Å². The number of nitrogens with one attached hydrogen (secondary N) is 1. The lowest BCUT2D eigenvalue weighted by Crippen LogP contribution is -2.40. The number of carbonyl (C=O) groups is 1. The molecule has 6 nitrogen and oxygen atoms in total. The van der Waals surface area contributed by atoms with Crippen molar-refractivity contribution in [2.45, 2.75) is 24.3 Å². The molecule has 0 aliphatic rings. The summed E-state index contributed by atoms with van der Waals surface area (Å²) in [5.74, 6) is -1.19. The van der Waals surface area contributed by atoms with Crippen LogP contribution in [-0.4, -0.2) is 39.6 Å². The minimum Gasteiger partial charge on any atom is -0.480 e. The molecule has 1 atom stereocenters. The Kier molecular flexibility index (Phi) is 4.91. The molecule has 0 bridgehead atoms. The lowest BCUT2D eigenvalue weighted by Gasteiger charge is -2.18. The lowest BCUT2D eigenvalue weighted by molar-refractivity contribution is -0.139. The zero-order valence-corrected chi connectivity index (χ0v) is 14.1. The van der Waals surface area contributed by atoms with Crippen LogP contribution in [0.1, 0.15) is 13.3 Å². The molecule has 2 N–H and O–H groups in total. The Balaban J connectivity index is 2.59. The van der Waals surface area contributed by atoms with E-state index in [-0.39, 0.29) is 11.3 Å². The summed E-state index contributed by atoms with van der Waals surface area (Å²) in [6, 6.07) is 9.25. The van der Waals surface area contributed by atoms with Crippen LogP contribution < -0.4 is 9.62 Å². The molecule has 1 unspecified atom stereocenters. The smallest absolute Gasteiger partial charge is 0.321 e. The maximum Gasteiger partial charge on any atom is 0.321 e. The number of hydrogen-bond acceptors (Lipinski definition) is 4. The van der Waals surface area contributed by atoms with Crippen molar-refractivity contribution in [1.29, 1.82) is 0 Å². The third-order valence-corrected chi connectivity index (χ3v) is 5.16. The summed E-state index contributed by atoms with van der Waals surface area (Å²) in [5, 5.41) is 10.4. The predicted octanol–water partition coefficient (Wildman–Crippen LogP) is 2.05. The van der Waals surface area contributed by atoms with E-state index in [1.165, 1.54) is 6.07 Å². The molecule has 0 fully saturated rings. The highest BCUT2D eigenvalue weighted by Crippen LogP contribution is 2.30. The van der Waals surface area contributed by atoms with Crippen LogP contribution >= 0.6 is 0 Å². The van der Waals surface area contributed by atoms with Crippen LogP contribution in [0.5, 0.6) is 0 Å². The number of rotatable bonds is 6. The molecule has 23 heavy (non-hydrogen) atoms. The molecule has 2 aromatic carbocycles. The highest BCUT2D eigenvalue weighted by molar-refractivity contribution is 7.89. The Labute approximate surface area is 135 Å². The van der Waals surface area contributed by atoms with Crippen molar-refractivity contribution in [3.05, 3.63) is 36.4 Å². The Bertz CT molecular complexity index is 831. The molecule has 124 valence electrons. The van der Waals surface area contributed by atoms with Gasteiger partial charge in [-0.15, -0.1) is 0 Å². The van der Waals surface area contributed by atoms with Gasteiger partial charge in [-0.2, -0.15) is 4.72 Å². The monoisotopic (exact) mass is 336 g/mol. The molecule has 0 saturated heterocycles. The first kappa shape index (κ1) is 17.2. The van der Waals surface area contributed by atoms with Crippen LogP contribution in [0, 0.1) is 0 Å². The summed E-state index contributed by atoms with van der Waals surface area (Å²) in [6.07, 6.45) is 0.169. The van der Waals surface area contributed by atoms with Crippen molar-refractivity contribution >= 4 is 32.5 Å². The van der Waals surface area contributed by atoms with Crippen molar-refractivity contribution in [2.24, 2.45) is 0 Å². The van der Waals surface area contributed by atoms with Gasteiger partial charge in [-0.05, 0) is 18.6 Å². The first-order chi connectivity index (χ1) is 10.8. The summed E-state index contributed by atoms with van der Waals surface area (Å²) in [4.78, 5) is 13.1. The summed E-state index contributed by atoms with van der Waals surface area (Å²) in [5.41, 5.74) is 0.893. The van der Waals surface area contributed by atoms with E-state index < -0.39 is 22.0 Å². The Hall–Kier alpha value is -2.12. The number of hydrogen-bond donors (Lipinski definition) is 2. The third kappa shape index (κ3) is 3.46. The minimum atomic E-state index is -3.94. The second kappa shape index (κ2) is 6.55. The Morgan fingerprint density at radius 3 is 2.35 bits per heavy atom. The maximum atomic E-state index is 12.6. The fraction of sp³-hybridized carbons (Fsp3) is 0.312. The molecule has 0 aliphatic heterocycles. The van der Waals surface area contributed by atoms with Gasteiger partial charge in [0.1, 0.15) is 6.04 Å². The van der Waals surface area contributed by atoms with Gasteiger partial charge in [0.15, 0.2) is 0 Å². The molecular weight excluding hydrogens is 316 g/mol. The van der Waals surface area contributed by atoms with Crippen molar-refractivity contribution in [2.75, 3.05) is 19.0 Å². The quantitative estimate of drug-likeness (QED) is 0.843. The SMILES string of the molecule is CCC(NS(=O)(=O)c1cccc2c(N(C)C)cccc12)C(=O)O. The van der Waals surface area contributed by atoms with E-state index in [9.17, 15) is 13.2 Å². The van der Waals surface area contributed by atoms with E-state index in [0.717, 1.165) is 11.1 Å². The van der Waals surface area contributed by atoms with Gasteiger partial charge in [0, 0.05) is 30.6 Å². The predicted molar refractivity (Wildman–Crippen MR) is 90.3 cm³/mol. The van der Waals surface area contributed by atoms with Gasteiger partial charge in [0.2, 0.25) is 10.0 Å². The van der Waals surface area contributed by atoms with E-state index in [0.29, 0.717) is 5.39 Å². The highest BCUT2D eigenvalue weighted by atomic mass is 32.2. The number of carboxylic acid groups (broad SMARTS) is 1. The van der Waals surface area contributed by atoms with Gasteiger partial charge >= 0.3 is 5.97 Å². The third-order valence-electron chi connectivity index (χ3n) is 3.63. The van der Waals surface area contributed by atoms with Crippen LogP contribution in [0.25, 0.3) is 10.8 Å². The largest absolute Gasteiger partial charge is 0.480 e. The Morgan fingerprint density at radius 2 is 1.78 bits per heavy atom. The molecule has 0 radical (unpaired) electrons. The molecule has 0 amide bonds. The molecule has 0 spiro atoms. The number of nitrogens with zero attached hydrogens (tertiary/aromatic N) is 1. The summed E-state index contributed by atoms with van der Waals surface area (Å²) in [6.45, 7) is 1.62. The summed E-state index contributed by atoms with van der Waals surface area (Å²) < 4.78 is 27.5. The summed E-state index contributed by atoms with van der Waals surface area (Å²) in [7, 11) is -0.174. The molecule has 7 heteroatoms. The molecule has 2 rings (SSSR count). The molecule has 0 aromatic heterocycles. The van der Waals surface area contributed by atoms with Gasteiger partial charge in [-0.25, -0.2) is 8.42 Å². The lowest BCUT2D eigenvalue weighted by atomic mass is 10.1. The fourth-order valence-corrected chi connectivity index (χ4v) is 3.94. The zero-order chi connectivity index (χ0) is 17.2. The highest BCUT2D eigenvalue weighted by Gasteiger charge is 2.25. The average Bonchev–Trinajstić information content (AvgIpc) is 2.50. The number of benzene rings is 2. The second-order valence-electron chi connectivity index (χ2n) is 5.44. The molecule has 2 aromatic rings. The van der Waals surface area contributed by atoms with E-state index >= 15 is 0 Å². The van der Waals surface area contributed by atoms with E-state index in [4.69, 9.17) is 5.11 Å². The number of sulfonamides is 1. The molecular formula is C16H20N2O4S. The maximum absolute atomic E-state index is 12.6. The minimum absolute atomic E-state index is 0.0819. The van der Waals surface area contributed by atoms with Crippen LogP contribution in [0.4, 0.5) is 5.69 Å². The first-order valence-electron chi connectivity index (χ1n) is 7.22. The molecule has 0 saturated carbocycles. The van der Waals surface area contributed by atoms with Gasteiger partial charge in [-0.3, -0.25) is 4.79 Å². The molecule has 0 aliphatic carbocycles. The standard InChI is InChI=1S/C16H20N2O4S/c1-4-13(16(19)20)17-23(21,22)15-10-6-7-11-12(15)8-5-9-14(11)18(2)3/h5-10,13,17H,4H2,1-3H3,(H,19,20). The second-order valence-corrected chi connectivity index (χ2v) is 7.13. The number of fused-ring (bicyclic) bond motifs is 1. The zero-order valence-electron chi connectivity index (χ0n) is 13.3. The van der Waals surface area contributed by atoms with Crippen molar-refractivity contribution in [3.8, 4) is 0 Å². The number of carboxylic acids is 1. The average molecular weight is 336 g/mol. The van der Waals surface area contributed by atoms with E-state index in [1.807, 2.05) is 31.1 Å². The van der Waals surface area contributed by atoms with Crippen molar-refractivity contribution in [1.82, 2.24) is 4.72 Å². The number of aliphatic carboxylic acids is 1. The first-order valence-corrected chi connectivity index (χ1v) is 8.70. The van der Waals surface area contributed by atoms with Gasteiger partial charge < -0.3 is 10.0 Å². The van der Waals surface area contributed by atoms with Crippen LogP contribution in [-0.2, 0) is 14.8 Å². The normalized spacial score (nSPS) is 13.0. The van der Waals surface area contributed by atoms with Crippen molar-refractivity contribution in [3.63, 3.8) is 0 Å². The topological polar surface area (TPSA) is 86.7 Å². The van der Waals surface area contributed by atoms with Gasteiger partial charge in [-0.1, -0.05) is 31.2 Å². The van der Waals surface area contributed by atoms with Crippen LogP contribution in [0.15, 0.2) is 41.3 Å². The van der Waals surface area contributed by atoms with Gasteiger partial charge in [0.25, 0.3) is 0 Å². The Morgan fingerprint density at radius 1 is 1.17 bits per heavy atom. The van der Waals surface area contributed by atoms with Crippen LogP contribution in [0.3, 0.4) is 0 Å². The van der Waals surface area contributed by atoms with E-state index in [2.05, 4.69) is 4.72 Å². The number of anilines is 1. The summed E-state index contributed by atoms with van der Waals surface area (Å²) >= 11 is 0. The fourth-order valence-electron chi connectivity index (χ4n) is 2.45.